The van der Waals surface area contributed by atoms with Crippen LogP contribution in [0.3, 0.4) is 0 Å². The Bertz CT molecular complexity index is 872. The van der Waals surface area contributed by atoms with Crippen molar-refractivity contribution in [3.63, 3.8) is 0 Å². The number of aromatic nitrogens is 4. The summed E-state index contributed by atoms with van der Waals surface area (Å²) in [4.78, 5) is 18.8. The normalized spacial score (nSPS) is 18.3. The number of hydrogen-bond donors (Lipinski definition) is 1. The molecule has 1 saturated heterocycles. The van der Waals surface area contributed by atoms with Gasteiger partial charge in [-0.3, -0.25) is 9.88 Å². The first kappa shape index (κ1) is 15.8. The summed E-state index contributed by atoms with van der Waals surface area (Å²) in [7, 11) is 0. The predicted molar refractivity (Wildman–Crippen MR) is 95.7 cm³/mol. The number of nitrogens with zero attached hydrogens (tertiary/aromatic N) is 4. The average molecular weight is 335 g/mol. The lowest BCUT2D eigenvalue weighted by molar-refractivity contribution is 0.195. The van der Waals surface area contributed by atoms with Crippen molar-refractivity contribution in [2.24, 2.45) is 0 Å². The Morgan fingerprint density at radius 1 is 1.12 bits per heavy atom. The molecule has 3 heterocycles. The molecule has 1 fully saturated rings. The summed E-state index contributed by atoms with van der Waals surface area (Å²) in [5, 5.41) is 6.97. The van der Waals surface area contributed by atoms with Crippen LogP contribution < -0.4 is 5.69 Å². The fourth-order valence-corrected chi connectivity index (χ4v) is 3.57. The van der Waals surface area contributed by atoms with E-state index >= 15 is 0 Å². The van der Waals surface area contributed by atoms with Crippen molar-refractivity contribution in [2.45, 2.75) is 25.3 Å². The summed E-state index contributed by atoms with van der Waals surface area (Å²) < 4.78 is 1.71. The largest absolute Gasteiger partial charge is 0.347 e. The molecule has 1 atom stereocenters. The Kier molecular flexibility index (Phi) is 4.43. The fourth-order valence-electron chi connectivity index (χ4n) is 3.57. The maximum atomic E-state index is 12.3. The molecule has 0 amide bonds. The van der Waals surface area contributed by atoms with Crippen LogP contribution in [0.2, 0.25) is 0 Å². The lowest BCUT2D eigenvalue weighted by atomic mass is 9.96. The molecule has 4 rings (SSSR count). The quantitative estimate of drug-likeness (QED) is 0.795. The number of likely N-dealkylation sites (tertiary alicyclic amines) is 1. The van der Waals surface area contributed by atoms with Crippen molar-refractivity contribution >= 4 is 0 Å². The van der Waals surface area contributed by atoms with Crippen LogP contribution in [-0.4, -0.2) is 37.7 Å². The minimum absolute atomic E-state index is 0.174. The van der Waals surface area contributed by atoms with Gasteiger partial charge in [-0.2, -0.15) is 5.10 Å². The third-order valence-corrected chi connectivity index (χ3v) is 4.74. The second-order valence-corrected chi connectivity index (χ2v) is 6.49. The highest BCUT2D eigenvalue weighted by atomic mass is 16.1. The van der Waals surface area contributed by atoms with Gasteiger partial charge in [-0.05, 0) is 49.2 Å². The summed E-state index contributed by atoms with van der Waals surface area (Å²) in [6, 6.07) is 13.8. The van der Waals surface area contributed by atoms with Crippen molar-refractivity contribution in [1.29, 1.82) is 0 Å². The van der Waals surface area contributed by atoms with E-state index in [1.165, 1.54) is 5.56 Å². The smallest absolute Gasteiger partial charge is 0.298 e. The summed E-state index contributed by atoms with van der Waals surface area (Å²) in [6.07, 6.45) is 5.81. The number of hydrogen-bond acceptors (Lipinski definition) is 4. The van der Waals surface area contributed by atoms with Crippen molar-refractivity contribution in [3.8, 4) is 5.69 Å². The summed E-state index contributed by atoms with van der Waals surface area (Å²) in [5.41, 5.74) is 1.95. The third-order valence-electron chi connectivity index (χ3n) is 4.74. The number of rotatable bonds is 4. The van der Waals surface area contributed by atoms with Gasteiger partial charge in [0.1, 0.15) is 5.82 Å². The van der Waals surface area contributed by atoms with E-state index in [1.54, 1.807) is 4.57 Å². The van der Waals surface area contributed by atoms with E-state index in [2.05, 4.69) is 32.2 Å². The number of H-pyrrole nitrogens is 1. The molecular formula is C19H21N5O. The van der Waals surface area contributed by atoms with Gasteiger partial charge in [0.15, 0.2) is 0 Å². The van der Waals surface area contributed by atoms with E-state index in [0.29, 0.717) is 0 Å². The summed E-state index contributed by atoms with van der Waals surface area (Å²) >= 11 is 0. The zero-order valence-electron chi connectivity index (χ0n) is 14.0. The molecule has 0 saturated carbocycles. The number of para-hydroxylation sites is 1. The lowest BCUT2D eigenvalue weighted by Gasteiger charge is -2.32. The molecule has 1 aliphatic heterocycles. The molecule has 2 aromatic heterocycles. The van der Waals surface area contributed by atoms with E-state index in [9.17, 15) is 4.79 Å². The Balaban J connectivity index is 1.57. The molecule has 1 N–H and O–H groups in total. The number of piperidine rings is 1. The Labute approximate surface area is 146 Å². The zero-order valence-corrected chi connectivity index (χ0v) is 14.0. The molecule has 0 aliphatic carbocycles. The van der Waals surface area contributed by atoms with Crippen LogP contribution in [0.5, 0.6) is 0 Å². The molecule has 0 spiro atoms. The number of benzene rings is 1. The Morgan fingerprint density at radius 2 is 1.92 bits per heavy atom. The minimum Gasteiger partial charge on any atom is -0.298 e. The molecule has 6 heteroatoms. The molecule has 0 bridgehead atoms. The van der Waals surface area contributed by atoms with E-state index in [-0.39, 0.29) is 11.6 Å². The van der Waals surface area contributed by atoms with Crippen LogP contribution in [0, 0.1) is 0 Å². The molecule has 1 aromatic carbocycles. The van der Waals surface area contributed by atoms with Crippen LogP contribution in [0.1, 0.15) is 30.1 Å². The van der Waals surface area contributed by atoms with Crippen LogP contribution in [0.4, 0.5) is 0 Å². The monoisotopic (exact) mass is 335 g/mol. The van der Waals surface area contributed by atoms with E-state index in [0.717, 1.165) is 44.0 Å². The highest BCUT2D eigenvalue weighted by Gasteiger charge is 2.26. The molecule has 128 valence electrons. The van der Waals surface area contributed by atoms with Gasteiger partial charge < -0.3 is 0 Å². The maximum absolute atomic E-state index is 12.3. The van der Waals surface area contributed by atoms with Gasteiger partial charge in [0.2, 0.25) is 0 Å². The van der Waals surface area contributed by atoms with Crippen LogP contribution >= 0.6 is 0 Å². The topological polar surface area (TPSA) is 66.8 Å². The van der Waals surface area contributed by atoms with Crippen molar-refractivity contribution < 1.29 is 0 Å². The Hall–Kier alpha value is -2.73. The number of pyridine rings is 1. The second-order valence-electron chi connectivity index (χ2n) is 6.49. The molecule has 1 unspecified atom stereocenters. The van der Waals surface area contributed by atoms with Gasteiger partial charge in [-0.25, -0.2) is 14.5 Å². The highest BCUT2D eigenvalue weighted by molar-refractivity contribution is 5.32. The first-order valence-electron chi connectivity index (χ1n) is 8.65. The van der Waals surface area contributed by atoms with E-state index in [4.69, 9.17) is 0 Å². The van der Waals surface area contributed by atoms with Crippen molar-refractivity contribution in [3.05, 3.63) is 76.7 Å². The van der Waals surface area contributed by atoms with Gasteiger partial charge in [0.25, 0.3) is 0 Å². The molecule has 6 nitrogen and oxygen atoms in total. The molecule has 0 radical (unpaired) electrons. The number of aromatic amines is 1. The van der Waals surface area contributed by atoms with Crippen LogP contribution in [0.15, 0.2) is 59.7 Å². The molecular weight excluding hydrogens is 314 g/mol. The van der Waals surface area contributed by atoms with Crippen LogP contribution in [0.25, 0.3) is 5.69 Å². The standard InChI is InChI=1S/C19H21N5O/c25-19-22-21-18(24(19)17-6-2-1-3-7-17)16-5-4-12-23(14-16)13-15-8-10-20-11-9-15/h1-3,6-11,16H,4-5,12-14H2,(H,22,25). The first-order valence-corrected chi connectivity index (χ1v) is 8.65. The van der Waals surface area contributed by atoms with Gasteiger partial charge >= 0.3 is 5.69 Å². The van der Waals surface area contributed by atoms with Gasteiger partial charge in [0, 0.05) is 31.4 Å². The van der Waals surface area contributed by atoms with Gasteiger partial charge in [-0.15, -0.1) is 0 Å². The Morgan fingerprint density at radius 3 is 2.72 bits per heavy atom. The summed E-state index contributed by atoms with van der Waals surface area (Å²) in [5.74, 6) is 1.07. The maximum Gasteiger partial charge on any atom is 0.347 e. The molecule has 25 heavy (non-hydrogen) atoms. The van der Waals surface area contributed by atoms with E-state index in [1.807, 2.05) is 42.7 Å². The first-order chi connectivity index (χ1) is 12.3. The highest BCUT2D eigenvalue weighted by Crippen LogP contribution is 2.27. The SMILES string of the molecule is O=c1[nH]nc(C2CCCN(Cc3ccncc3)C2)n1-c1ccccc1. The van der Waals surface area contributed by atoms with E-state index < -0.39 is 0 Å². The van der Waals surface area contributed by atoms with Gasteiger partial charge in [0.05, 0.1) is 5.69 Å². The predicted octanol–water partition coefficient (Wildman–Crippen LogP) is 2.34. The zero-order chi connectivity index (χ0) is 17.1. The average Bonchev–Trinajstić information content (AvgIpc) is 3.05. The summed E-state index contributed by atoms with van der Waals surface area (Å²) in [6.45, 7) is 2.87. The number of nitrogens with one attached hydrogen (secondary N) is 1. The minimum atomic E-state index is -0.174. The van der Waals surface area contributed by atoms with Crippen molar-refractivity contribution in [1.82, 2.24) is 24.6 Å². The lowest BCUT2D eigenvalue weighted by Crippen LogP contribution is -2.35. The van der Waals surface area contributed by atoms with Gasteiger partial charge in [-0.1, -0.05) is 18.2 Å². The van der Waals surface area contributed by atoms with Crippen LogP contribution in [-0.2, 0) is 6.54 Å². The molecule has 3 aromatic rings. The van der Waals surface area contributed by atoms with Crippen molar-refractivity contribution in [2.75, 3.05) is 13.1 Å². The third kappa shape index (κ3) is 3.39. The fraction of sp³-hybridized carbons (Fsp3) is 0.316. The molecule has 1 aliphatic rings. The second kappa shape index (κ2) is 7.03.